The van der Waals surface area contributed by atoms with Crippen molar-refractivity contribution < 1.29 is 32.0 Å². The predicted molar refractivity (Wildman–Crippen MR) is 82.3 cm³/mol. The molecule has 21 heavy (non-hydrogen) atoms. The quantitative estimate of drug-likeness (QED) is 0.351. The van der Waals surface area contributed by atoms with Crippen LogP contribution < -0.4 is 0 Å². The predicted octanol–water partition coefficient (Wildman–Crippen LogP) is 3.54. The molecule has 0 radical (unpaired) electrons. The van der Waals surface area contributed by atoms with Crippen molar-refractivity contribution in [3.8, 4) is 0 Å². The molecule has 128 valence electrons. The second-order valence-electron chi connectivity index (χ2n) is 3.95. The largest absolute Gasteiger partial charge is 0.380 e. The van der Waals surface area contributed by atoms with Gasteiger partial charge in [0.1, 0.15) is 0 Å². The van der Waals surface area contributed by atoms with E-state index in [9.17, 15) is 9.13 Å². The van der Waals surface area contributed by atoms with Crippen molar-refractivity contribution in [2.75, 3.05) is 52.0 Å². The lowest BCUT2D eigenvalue weighted by Crippen LogP contribution is -2.10. The van der Waals surface area contributed by atoms with Crippen LogP contribution in [0.15, 0.2) is 0 Å². The minimum absolute atomic E-state index is 0.169. The molecule has 0 bridgehead atoms. The minimum Gasteiger partial charge on any atom is -0.380 e. The van der Waals surface area contributed by atoms with E-state index in [0.717, 1.165) is 0 Å². The van der Waals surface area contributed by atoms with Gasteiger partial charge in [-0.25, -0.2) is 0 Å². The fourth-order valence-electron chi connectivity index (χ4n) is 1.57. The molecule has 0 spiro atoms. The van der Waals surface area contributed by atoms with Crippen LogP contribution in [0.5, 0.6) is 0 Å². The summed E-state index contributed by atoms with van der Waals surface area (Å²) in [6, 6.07) is 0. The summed E-state index contributed by atoms with van der Waals surface area (Å²) in [6.45, 7) is 8.72. The Balaban J connectivity index is 4.07. The van der Waals surface area contributed by atoms with Gasteiger partial charge in [-0.2, -0.15) is 0 Å². The summed E-state index contributed by atoms with van der Waals surface area (Å²) in [5, 5.41) is 0. The second-order valence-corrected chi connectivity index (χ2v) is 8.32. The van der Waals surface area contributed by atoms with Gasteiger partial charge in [0.2, 0.25) is 0 Å². The Labute approximate surface area is 127 Å². The Kier molecular flexibility index (Phi) is 11.9. The van der Waals surface area contributed by atoms with E-state index in [0.29, 0.717) is 26.4 Å². The molecule has 0 fully saturated rings. The molecule has 0 saturated carbocycles. The number of ether oxygens (including phenoxy) is 1. The molecule has 0 aromatic rings. The van der Waals surface area contributed by atoms with Gasteiger partial charge < -0.3 is 22.8 Å². The lowest BCUT2D eigenvalue weighted by molar-refractivity contribution is 0.143. The van der Waals surface area contributed by atoms with Crippen molar-refractivity contribution in [1.29, 1.82) is 0 Å². The van der Waals surface area contributed by atoms with E-state index in [1.165, 1.54) is 0 Å². The third-order valence-corrected chi connectivity index (χ3v) is 6.39. The zero-order valence-electron chi connectivity index (χ0n) is 13.4. The Morgan fingerprint density at radius 1 is 0.619 bits per heavy atom. The zero-order valence-corrected chi connectivity index (χ0v) is 15.2. The summed E-state index contributed by atoms with van der Waals surface area (Å²) in [5.74, 6) is 0. The molecule has 0 aliphatic rings. The molecule has 0 amide bonds. The number of rotatable bonds is 14. The molecule has 0 aromatic heterocycles. The molecule has 0 aromatic carbocycles. The molecule has 0 atom stereocenters. The van der Waals surface area contributed by atoms with Crippen molar-refractivity contribution in [2.24, 2.45) is 0 Å². The van der Waals surface area contributed by atoms with Crippen molar-refractivity contribution >= 4 is 15.2 Å². The average molecular weight is 346 g/mol. The maximum Gasteiger partial charge on any atom is 0.332 e. The topological polar surface area (TPSA) is 80.3 Å². The van der Waals surface area contributed by atoms with Gasteiger partial charge in [0.15, 0.2) is 0 Å². The van der Waals surface area contributed by atoms with E-state index in [1.54, 1.807) is 27.7 Å². The van der Waals surface area contributed by atoms with Gasteiger partial charge in [0.25, 0.3) is 0 Å². The first kappa shape index (κ1) is 21.3. The lowest BCUT2D eigenvalue weighted by Gasteiger charge is -2.18. The molecule has 0 heterocycles. The van der Waals surface area contributed by atoms with Gasteiger partial charge in [0.05, 0.1) is 52.0 Å². The van der Waals surface area contributed by atoms with Crippen LogP contribution >= 0.6 is 15.2 Å². The van der Waals surface area contributed by atoms with E-state index in [1.807, 2.05) is 0 Å². The lowest BCUT2D eigenvalue weighted by atomic mass is 10.8. The van der Waals surface area contributed by atoms with E-state index < -0.39 is 15.2 Å². The highest BCUT2D eigenvalue weighted by Crippen LogP contribution is 2.48. The van der Waals surface area contributed by atoms with Gasteiger partial charge in [-0.15, -0.1) is 0 Å². The first-order valence-corrected chi connectivity index (χ1v) is 10.7. The summed E-state index contributed by atoms with van der Waals surface area (Å²) in [7, 11) is -6.16. The molecule has 0 unspecified atom stereocenters. The molecule has 9 heteroatoms. The van der Waals surface area contributed by atoms with Gasteiger partial charge in [-0.3, -0.25) is 9.13 Å². The maximum absolute atomic E-state index is 12.1. The third kappa shape index (κ3) is 9.80. The van der Waals surface area contributed by atoms with Gasteiger partial charge in [-0.1, -0.05) is 0 Å². The average Bonchev–Trinajstić information content (AvgIpc) is 2.39. The minimum atomic E-state index is -3.08. The molecular weight excluding hydrogens is 318 g/mol. The molecule has 0 N–H and O–H groups in total. The highest BCUT2D eigenvalue weighted by Gasteiger charge is 2.25. The van der Waals surface area contributed by atoms with Crippen LogP contribution in [0, 0.1) is 0 Å². The summed E-state index contributed by atoms with van der Waals surface area (Å²) in [4.78, 5) is 0. The van der Waals surface area contributed by atoms with Crippen LogP contribution in [0.25, 0.3) is 0 Å². The molecule has 0 saturated heterocycles. The fraction of sp³-hybridized carbons (Fsp3) is 1.00. The van der Waals surface area contributed by atoms with Crippen LogP contribution in [0.3, 0.4) is 0 Å². The van der Waals surface area contributed by atoms with Crippen LogP contribution in [0.1, 0.15) is 27.7 Å². The standard InChI is InChI=1S/C12H28O7P2/c1-5-16-20(13,17-6-2)11-9-15-10-12-21(14,18-7-3)19-8-4/h5-12H2,1-4H3. The Morgan fingerprint density at radius 2 is 0.905 bits per heavy atom. The van der Waals surface area contributed by atoms with Crippen LogP contribution in [-0.4, -0.2) is 52.0 Å². The Morgan fingerprint density at radius 3 is 1.14 bits per heavy atom. The van der Waals surface area contributed by atoms with E-state index in [4.69, 9.17) is 22.8 Å². The molecule has 0 aliphatic carbocycles. The first-order chi connectivity index (χ1) is 9.95. The van der Waals surface area contributed by atoms with Crippen LogP contribution in [0.4, 0.5) is 0 Å². The number of hydrogen-bond acceptors (Lipinski definition) is 7. The van der Waals surface area contributed by atoms with Gasteiger partial charge in [-0.05, 0) is 27.7 Å². The summed E-state index contributed by atoms with van der Waals surface area (Å²) in [6.07, 6.45) is 0.338. The highest BCUT2D eigenvalue weighted by atomic mass is 31.2. The highest BCUT2D eigenvalue weighted by molar-refractivity contribution is 7.54. The fourth-order valence-corrected chi connectivity index (χ4v) is 4.52. The number of hydrogen-bond donors (Lipinski definition) is 0. The first-order valence-electron chi connectivity index (χ1n) is 7.29. The molecule has 0 aliphatic heterocycles. The summed E-state index contributed by atoms with van der Waals surface area (Å²) in [5.41, 5.74) is 0. The third-order valence-electron chi connectivity index (χ3n) is 2.32. The Hall–Kier alpha value is 0.260. The van der Waals surface area contributed by atoms with Crippen LogP contribution in [-0.2, 0) is 32.0 Å². The molecule has 7 nitrogen and oxygen atoms in total. The summed E-state index contributed by atoms with van der Waals surface area (Å²) >= 11 is 0. The van der Waals surface area contributed by atoms with Gasteiger partial charge in [0, 0.05) is 0 Å². The summed E-state index contributed by atoms with van der Waals surface area (Å²) < 4.78 is 50.2. The zero-order chi connectivity index (χ0) is 16.2. The van der Waals surface area contributed by atoms with Crippen molar-refractivity contribution in [1.82, 2.24) is 0 Å². The van der Waals surface area contributed by atoms with Crippen molar-refractivity contribution in [3.05, 3.63) is 0 Å². The second kappa shape index (κ2) is 11.8. The van der Waals surface area contributed by atoms with E-state index in [-0.39, 0.29) is 25.5 Å². The van der Waals surface area contributed by atoms with Crippen LogP contribution in [0.2, 0.25) is 0 Å². The molecule has 0 rings (SSSR count). The molecular formula is C12H28O7P2. The normalized spacial score (nSPS) is 12.8. The van der Waals surface area contributed by atoms with Gasteiger partial charge >= 0.3 is 15.2 Å². The maximum atomic E-state index is 12.1. The van der Waals surface area contributed by atoms with Crippen molar-refractivity contribution in [2.45, 2.75) is 27.7 Å². The monoisotopic (exact) mass is 346 g/mol. The van der Waals surface area contributed by atoms with E-state index in [2.05, 4.69) is 0 Å². The Bertz CT molecular complexity index is 296. The SMILES string of the molecule is CCOP(=O)(CCOCCP(=O)(OCC)OCC)OCC. The van der Waals surface area contributed by atoms with Crippen molar-refractivity contribution in [3.63, 3.8) is 0 Å². The smallest absolute Gasteiger partial charge is 0.332 e. The van der Waals surface area contributed by atoms with E-state index >= 15 is 0 Å².